The lowest BCUT2D eigenvalue weighted by Gasteiger charge is -2.06. The van der Waals surface area contributed by atoms with Crippen LogP contribution in [-0.2, 0) is 0 Å². The second-order valence-corrected chi connectivity index (χ2v) is 5.39. The Morgan fingerprint density at radius 3 is 2.56 bits per heavy atom. The molecule has 2 N–H and O–H groups in total. The number of rotatable bonds is 2. The topological polar surface area (TPSA) is 51.8 Å². The Balaban J connectivity index is 2.49. The summed E-state index contributed by atoms with van der Waals surface area (Å²) in [5.74, 6) is 1.65. The molecule has 0 aliphatic carbocycles. The number of thiophene rings is 1. The molecule has 4 heteroatoms. The molecule has 16 heavy (non-hydrogen) atoms. The van der Waals surface area contributed by atoms with Crippen molar-refractivity contribution in [1.29, 1.82) is 0 Å². The Kier molecular flexibility index (Phi) is 2.92. The fraction of sp³-hybridized carbons (Fsp3) is 0.333. The molecule has 0 amide bonds. The summed E-state index contributed by atoms with van der Waals surface area (Å²) in [7, 11) is 0. The Morgan fingerprint density at radius 1 is 1.25 bits per heavy atom. The van der Waals surface area contributed by atoms with Gasteiger partial charge in [0.2, 0.25) is 0 Å². The van der Waals surface area contributed by atoms with E-state index in [1.165, 1.54) is 4.88 Å². The first kappa shape index (κ1) is 11.1. The molecule has 0 unspecified atom stereocenters. The molecule has 2 heterocycles. The summed E-state index contributed by atoms with van der Waals surface area (Å²) in [6, 6.07) is 5.95. The van der Waals surface area contributed by atoms with E-state index in [1.807, 2.05) is 12.1 Å². The minimum atomic E-state index is 0.366. The van der Waals surface area contributed by atoms with E-state index in [0.717, 1.165) is 16.4 Å². The quantitative estimate of drug-likeness (QED) is 0.866. The maximum atomic E-state index is 5.79. The molecule has 0 saturated heterocycles. The fourth-order valence-corrected chi connectivity index (χ4v) is 2.25. The largest absolute Gasteiger partial charge is 0.384 e. The molecule has 0 aliphatic rings. The van der Waals surface area contributed by atoms with Gasteiger partial charge < -0.3 is 5.73 Å². The number of anilines is 1. The van der Waals surface area contributed by atoms with Crippen molar-refractivity contribution in [3.8, 4) is 10.7 Å². The molecule has 0 radical (unpaired) electrons. The number of nitrogen functional groups attached to an aromatic ring is 1. The van der Waals surface area contributed by atoms with Gasteiger partial charge in [-0.15, -0.1) is 11.3 Å². The summed E-state index contributed by atoms with van der Waals surface area (Å²) in [5.41, 5.74) is 6.79. The Labute approximate surface area is 99.4 Å². The molecular weight excluding hydrogens is 218 g/mol. The second-order valence-electron chi connectivity index (χ2n) is 4.11. The highest BCUT2D eigenvalue weighted by Gasteiger charge is 2.09. The van der Waals surface area contributed by atoms with E-state index >= 15 is 0 Å². The van der Waals surface area contributed by atoms with Crippen LogP contribution in [0.5, 0.6) is 0 Å². The van der Waals surface area contributed by atoms with Crippen molar-refractivity contribution in [2.24, 2.45) is 0 Å². The van der Waals surface area contributed by atoms with Crippen molar-refractivity contribution in [1.82, 2.24) is 9.97 Å². The maximum absolute atomic E-state index is 5.79. The highest BCUT2D eigenvalue weighted by molar-refractivity contribution is 7.15. The van der Waals surface area contributed by atoms with E-state index in [1.54, 1.807) is 11.3 Å². The zero-order valence-electron chi connectivity index (χ0n) is 9.69. The van der Waals surface area contributed by atoms with Crippen LogP contribution in [0.25, 0.3) is 10.7 Å². The summed E-state index contributed by atoms with van der Waals surface area (Å²) in [6.07, 6.45) is 0. The average molecular weight is 233 g/mol. The van der Waals surface area contributed by atoms with E-state index < -0.39 is 0 Å². The highest BCUT2D eigenvalue weighted by atomic mass is 32.1. The lowest BCUT2D eigenvalue weighted by atomic mass is 10.1. The lowest BCUT2D eigenvalue weighted by molar-refractivity contribution is 0.819. The number of hydrogen-bond acceptors (Lipinski definition) is 4. The molecule has 0 saturated carbocycles. The molecule has 2 aromatic rings. The minimum absolute atomic E-state index is 0.366. The van der Waals surface area contributed by atoms with Crippen LogP contribution >= 0.6 is 11.3 Å². The molecule has 0 aliphatic heterocycles. The zero-order valence-corrected chi connectivity index (χ0v) is 10.5. The summed E-state index contributed by atoms with van der Waals surface area (Å²) < 4.78 is 0. The van der Waals surface area contributed by atoms with E-state index in [4.69, 9.17) is 5.73 Å². The molecule has 0 atom stereocenters. The first-order chi connectivity index (χ1) is 7.56. The molecule has 0 fully saturated rings. The zero-order chi connectivity index (χ0) is 11.7. The first-order valence-corrected chi connectivity index (χ1v) is 6.09. The Hall–Kier alpha value is -1.42. The summed E-state index contributed by atoms with van der Waals surface area (Å²) in [6.45, 7) is 6.28. The maximum Gasteiger partial charge on any atom is 0.171 e. The number of aromatic nitrogens is 2. The third-order valence-electron chi connectivity index (χ3n) is 2.32. The molecule has 0 spiro atoms. The second kappa shape index (κ2) is 4.22. The van der Waals surface area contributed by atoms with Gasteiger partial charge in [0.1, 0.15) is 5.82 Å². The third-order valence-corrected chi connectivity index (χ3v) is 3.31. The Bertz CT molecular complexity index is 503. The third kappa shape index (κ3) is 2.22. The summed E-state index contributed by atoms with van der Waals surface area (Å²) in [4.78, 5) is 11.1. The Morgan fingerprint density at radius 2 is 2.00 bits per heavy atom. The van der Waals surface area contributed by atoms with Crippen molar-refractivity contribution < 1.29 is 0 Å². The van der Waals surface area contributed by atoms with Crippen molar-refractivity contribution >= 4 is 17.2 Å². The van der Waals surface area contributed by atoms with Crippen molar-refractivity contribution in [2.45, 2.75) is 26.7 Å². The predicted octanol–water partition coefficient (Wildman–Crippen LogP) is 3.22. The lowest BCUT2D eigenvalue weighted by Crippen LogP contribution is -2.00. The van der Waals surface area contributed by atoms with Gasteiger partial charge in [0.25, 0.3) is 0 Å². The van der Waals surface area contributed by atoms with Gasteiger partial charge in [-0.05, 0) is 25.0 Å². The number of aryl methyl sites for hydroxylation is 1. The van der Waals surface area contributed by atoms with Crippen LogP contribution < -0.4 is 5.73 Å². The molecular formula is C12H15N3S. The molecule has 0 bridgehead atoms. The highest BCUT2D eigenvalue weighted by Crippen LogP contribution is 2.26. The minimum Gasteiger partial charge on any atom is -0.384 e. The number of nitrogens with two attached hydrogens (primary N) is 1. The molecule has 2 aromatic heterocycles. The van der Waals surface area contributed by atoms with Crippen LogP contribution in [-0.4, -0.2) is 9.97 Å². The van der Waals surface area contributed by atoms with Crippen LogP contribution in [0.1, 0.15) is 30.3 Å². The molecule has 3 nitrogen and oxygen atoms in total. The average Bonchev–Trinajstić information content (AvgIpc) is 2.64. The van der Waals surface area contributed by atoms with Crippen LogP contribution in [0.3, 0.4) is 0 Å². The molecule has 0 aromatic carbocycles. The molecule has 84 valence electrons. The van der Waals surface area contributed by atoms with Gasteiger partial charge in [0.05, 0.1) is 4.88 Å². The standard InChI is InChI=1S/C12H15N3S/c1-7(2)9-6-11(13)15-12(14-9)10-5-4-8(3)16-10/h4-7H,1-3H3,(H2,13,14,15). The SMILES string of the molecule is Cc1ccc(-c2nc(N)cc(C(C)C)n2)s1. The smallest absolute Gasteiger partial charge is 0.171 e. The predicted molar refractivity (Wildman–Crippen MR) is 68.6 cm³/mol. The van der Waals surface area contributed by atoms with Crippen LogP contribution in [0.15, 0.2) is 18.2 Å². The van der Waals surface area contributed by atoms with Gasteiger partial charge in [0.15, 0.2) is 5.82 Å². The van der Waals surface area contributed by atoms with Gasteiger partial charge in [-0.3, -0.25) is 0 Å². The fourth-order valence-electron chi connectivity index (χ4n) is 1.45. The van der Waals surface area contributed by atoms with Crippen molar-refractivity contribution in [3.05, 3.63) is 28.8 Å². The number of nitrogens with zero attached hydrogens (tertiary/aromatic N) is 2. The van der Waals surface area contributed by atoms with E-state index in [0.29, 0.717) is 11.7 Å². The van der Waals surface area contributed by atoms with E-state index in [2.05, 4.69) is 36.8 Å². The van der Waals surface area contributed by atoms with Crippen molar-refractivity contribution in [2.75, 3.05) is 5.73 Å². The number of hydrogen-bond donors (Lipinski definition) is 1. The summed E-state index contributed by atoms with van der Waals surface area (Å²) in [5, 5.41) is 0. The monoisotopic (exact) mass is 233 g/mol. The normalized spacial score (nSPS) is 11.0. The molecule has 2 rings (SSSR count). The summed E-state index contributed by atoms with van der Waals surface area (Å²) >= 11 is 1.69. The first-order valence-electron chi connectivity index (χ1n) is 5.27. The van der Waals surface area contributed by atoms with Crippen molar-refractivity contribution in [3.63, 3.8) is 0 Å². The van der Waals surface area contributed by atoms with Crippen LogP contribution in [0, 0.1) is 6.92 Å². The van der Waals surface area contributed by atoms with E-state index in [-0.39, 0.29) is 0 Å². The van der Waals surface area contributed by atoms with Gasteiger partial charge in [-0.2, -0.15) is 0 Å². The van der Waals surface area contributed by atoms with Crippen LogP contribution in [0.4, 0.5) is 5.82 Å². The van der Waals surface area contributed by atoms with Crippen LogP contribution in [0.2, 0.25) is 0 Å². The van der Waals surface area contributed by atoms with Gasteiger partial charge in [-0.25, -0.2) is 9.97 Å². The van der Waals surface area contributed by atoms with Gasteiger partial charge in [0, 0.05) is 16.6 Å². The van der Waals surface area contributed by atoms with E-state index in [9.17, 15) is 0 Å². The van der Waals surface area contributed by atoms with Gasteiger partial charge in [-0.1, -0.05) is 13.8 Å². The van der Waals surface area contributed by atoms with Gasteiger partial charge >= 0.3 is 0 Å².